The van der Waals surface area contributed by atoms with Gasteiger partial charge in [0, 0.05) is 43.3 Å². The minimum atomic E-state index is -0.166. The Labute approximate surface area is 187 Å². The molecule has 6 nitrogen and oxygen atoms in total. The van der Waals surface area contributed by atoms with Crippen LogP contribution < -0.4 is 19.7 Å². The second-order valence-electron chi connectivity index (χ2n) is 7.53. The number of carbonyl (C=O) groups is 1. The monoisotopic (exact) mass is 439 g/mol. The average molecular weight is 440 g/mol. The van der Waals surface area contributed by atoms with E-state index >= 15 is 0 Å². The predicted octanol–water partition coefficient (Wildman–Crippen LogP) is 4.55. The first-order valence-electron chi connectivity index (χ1n) is 10.3. The molecule has 162 valence electrons. The van der Waals surface area contributed by atoms with E-state index in [0.29, 0.717) is 16.3 Å². The maximum atomic E-state index is 13.0. The maximum absolute atomic E-state index is 13.0. The number of rotatable bonds is 6. The van der Waals surface area contributed by atoms with Gasteiger partial charge in [-0.3, -0.25) is 4.79 Å². The van der Waals surface area contributed by atoms with Crippen LogP contribution in [0.4, 0.5) is 5.69 Å². The Morgan fingerprint density at radius 3 is 2.32 bits per heavy atom. The molecule has 31 heavy (non-hydrogen) atoms. The van der Waals surface area contributed by atoms with E-state index in [4.69, 9.17) is 21.1 Å². The molecule has 1 aliphatic heterocycles. The summed E-state index contributed by atoms with van der Waals surface area (Å²) in [6, 6.07) is 15.5. The molecule has 0 bridgehead atoms. The smallest absolute Gasteiger partial charge is 0.255 e. The van der Waals surface area contributed by atoms with Crippen LogP contribution in [0.1, 0.15) is 23.2 Å². The Balaban J connectivity index is 1.41. The Bertz CT molecular complexity index is 1030. The third-order valence-corrected chi connectivity index (χ3v) is 5.97. The summed E-state index contributed by atoms with van der Waals surface area (Å²) < 4.78 is 12.6. The van der Waals surface area contributed by atoms with E-state index < -0.39 is 0 Å². The van der Waals surface area contributed by atoms with E-state index in [1.807, 2.05) is 41.2 Å². The van der Waals surface area contributed by atoms with Crippen molar-refractivity contribution in [3.8, 4) is 17.2 Å². The van der Waals surface area contributed by atoms with E-state index in [9.17, 15) is 4.79 Å². The van der Waals surface area contributed by atoms with Gasteiger partial charge >= 0.3 is 0 Å². The number of anilines is 1. The minimum Gasteiger partial charge on any atom is -0.497 e. The van der Waals surface area contributed by atoms with Crippen molar-refractivity contribution < 1.29 is 14.3 Å². The Hall–Kier alpha value is -3.12. The quantitative estimate of drug-likeness (QED) is 0.612. The van der Waals surface area contributed by atoms with Crippen LogP contribution in [-0.2, 0) is 0 Å². The van der Waals surface area contributed by atoms with Crippen LogP contribution in [0.3, 0.4) is 0 Å². The predicted molar refractivity (Wildman–Crippen MR) is 123 cm³/mol. The van der Waals surface area contributed by atoms with Crippen LogP contribution in [0.2, 0.25) is 5.02 Å². The maximum Gasteiger partial charge on any atom is 0.255 e. The van der Waals surface area contributed by atoms with Crippen LogP contribution in [0.5, 0.6) is 11.5 Å². The van der Waals surface area contributed by atoms with Crippen molar-refractivity contribution >= 4 is 23.2 Å². The van der Waals surface area contributed by atoms with Crippen LogP contribution in [0.25, 0.3) is 5.69 Å². The topological polar surface area (TPSA) is 55.7 Å². The molecule has 1 N–H and O–H groups in total. The Kier molecular flexibility index (Phi) is 6.37. The van der Waals surface area contributed by atoms with Gasteiger partial charge in [-0.15, -0.1) is 0 Å². The summed E-state index contributed by atoms with van der Waals surface area (Å²) in [5.41, 5.74) is 2.38. The average Bonchev–Trinajstić information content (AvgIpc) is 3.34. The van der Waals surface area contributed by atoms with Crippen LogP contribution in [0.15, 0.2) is 60.9 Å². The third-order valence-electron chi connectivity index (χ3n) is 5.66. The summed E-state index contributed by atoms with van der Waals surface area (Å²) >= 11 is 6.47. The molecule has 0 radical (unpaired) electrons. The number of aromatic nitrogens is 1. The number of methoxy groups -OCH3 is 2. The van der Waals surface area contributed by atoms with E-state index in [1.165, 1.54) is 5.69 Å². The first-order chi connectivity index (χ1) is 15.1. The van der Waals surface area contributed by atoms with E-state index in [2.05, 4.69) is 22.3 Å². The number of benzene rings is 2. The van der Waals surface area contributed by atoms with Gasteiger partial charge in [0.05, 0.1) is 30.5 Å². The largest absolute Gasteiger partial charge is 0.497 e. The van der Waals surface area contributed by atoms with Crippen molar-refractivity contribution in [2.75, 3.05) is 32.2 Å². The molecule has 0 atom stereocenters. The minimum absolute atomic E-state index is 0.106. The summed E-state index contributed by atoms with van der Waals surface area (Å²) in [4.78, 5) is 15.3. The van der Waals surface area contributed by atoms with E-state index in [1.54, 1.807) is 26.4 Å². The standard InChI is InChI=1S/C24H26ClN3O3/c1-30-19-7-5-18(6-8-19)27-13-9-17(10-14-27)26-24(29)20-15-21(25)22(16-23(20)31-2)28-11-3-4-12-28/h3-8,11-12,15-17H,9-10,13-14H2,1-2H3,(H,26,29). The molecule has 1 aromatic heterocycles. The molecule has 1 amide bonds. The summed E-state index contributed by atoms with van der Waals surface area (Å²) in [5, 5.41) is 3.65. The molecular formula is C24H26ClN3O3. The first kappa shape index (κ1) is 21.1. The highest BCUT2D eigenvalue weighted by atomic mass is 35.5. The summed E-state index contributed by atoms with van der Waals surface area (Å²) in [5.74, 6) is 1.18. The van der Waals surface area contributed by atoms with Crippen molar-refractivity contribution in [3.63, 3.8) is 0 Å². The van der Waals surface area contributed by atoms with Crippen LogP contribution >= 0.6 is 11.6 Å². The SMILES string of the molecule is COc1ccc(N2CCC(NC(=O)c3cc(Cl)c(-n4cccc4)cc3OC)CC2)cc1. The summed E-state index contributed by atoms with van der Waals surface area (Å²) in [6.45, 7) is 1.75. The lowest BCUT2D eigenvalue weighted by Gasteiger charge is -2.34. The molecule has 2 aromatic carbocycles. The molecule has 0 saturated carbocycles. The van der Waals surface area contributed by atoms with E-state index in [0.717, 1.165) is 37.4 Å². The number of halogens is 1. The van der Waals surface area contributed by atoms with Gasteiger partial charge in [0.1, 0.15) is 11.5 Å². The number of nitrogens with one attached hydrogen (secondary N) is 1. The van der Waals surface area contributed by atoms with Gasteiger partial charge in [-0.2, -0.15) is 0 Å². The zero-order valence-electron chi connectivity index (χ0n) is 17.7. The molecule has 3 aromatic rings. The molecule has 0 aliphatic carbocycles. The summed E-state index contributed by atoms with van der Waals surface area (Å²) in [6.07, 6.45) is 5.54. The zero-order valence-corrected chi connectivity index (χ0v) is 18.4. The fraction of sp³-hybridized carbons (Fsp3) is 0.292. The van der Waals surface area contributed by atoms with Crippen molar-refractivity contribution in [3.05, 3.63) is 71.5 Å². The van der Waals surface area contributed by atoms with Crippen molar-refractivity contribution in [2.24, 2.45) is 0 Å². The fourth-order valence-corrected chi connectivity index (χ4v) is 4.18. The molecule has 0 spiro atoms. The highest BCUT2D eigenvalue weighted by Gasteiger charge is 2.23. The Morgan fingerprint density at radius 2 is 1.71 bits per heavy atom. The molecule has 0 unspecified atom stereocenters. The highest BCUT2D eigenvalue weighted by molar-refractivity contribution is 6.33. The van der Waals surface area contributed by atoms with Crippen LogP contribution in [-0.4, -0.2) is 43.8 Å². The van der Waals surface area contributed by atoms with Gasteiger partial charge < -0.3 is 24.3 Å². The lowest BCUT2D eigenvalue weighted by molar-refractivity contribution is 0.0928. The van der Waals surface area contributed by atoms with Gasteiger partial charge in [-0.25, -0.2) is 0 Å². The number of piperidine rings is 1. The highest BCUT2D eigenvalue weighted by Crippen LogP contribution is 2.30. The summed E-state index contributed by atoms with van der Waals surface area (Å²) in [7, 11) is 3.23. The number of nitrogens with zero attached hydrogens (tertiary/aromatic N) is 2. The normalized spacial score (nSPS) is 14.4. The molecular weight excluding hydrogens is 414 g/mol. The number of hydrogen-bond donors (Lipinski definition) is 1. The molecule has 1 aliphatic rings. The molecule has 1 saturated heterocycles. The second kappa shape index (κ2) is 9.35. The number of amides is 1. The van der Waals surface area contributed by atoms with Gasteiger partial charge in [-0.1, -0.05) is 11.6 Å². The zero-order chi connectivity index (χ0) is 21.8. The third kappa shape index (κ3) is 4.64. The van der Waals surface area contributed by atoms with Crippen molar-refractivity contribution in [2.45, 2.75) is 18.9 Å². The van der Waals surface area contributed by atoms with Gasteiger partial charge in [0.2, 0.25) is 0 Å². The molecule has 1 fully saturated rings. The van der Waals surface area contributed by atoms with Gasteiger partial charge in [0.25, 0.3) is 5.91 Å². The Morgan fingerprint density at radius 1 is 1.03 bits per heavy atom. The lowest BCUT2D eigenvalue weighted by atomic mass is 10.0. The number of ether oxygens (including phenoxy) is 2. The molecule has 7 heteroatoms. The van der Waals surface area contributed by atoms with Crippen molar-refractivity contribution in [1.82, 2.24) is 9.88 Å². The van der Waals surface area contributed by atoms with Crippen LogP contribution in [0, 0.1) is 0 Å². The lowest BCUT2D eigenvalue weighted by Crippen LogP contribution is -2.44. The first-order valence-corrected chi connectivity index (χ1v) is 10.7. The van der Waals surface area contributed by atoms with Gasteiger partial charge in [-0.05, 0) is 55.3 Å². The fourth-order valence-electron chi connectivity index (χ4n) is 3.92. The van der Waals surface area contributed by atoms with Gasteiger partial charge in [0.15, 0.2) is 0 Å². The second-order valence-corrected chi connectivity index (χ2v) is 7.93. The molecule has 2 heterocycles. The van der Waals surface area contributed by atoms with Crippen molar-refractivity contribution in [1.29, 1.82) is 0 Å². The number of carbonyl (C=O) groups excluding carboxylic acids is 1. The molecule has 4 rings (SSSR count). The number of hydrogen-bond acceptors (Lipinski definition) is 4. The van der Waals surface area contributed by atoms with E-state index in [-0.39, 0.29) is 11.9 Å².